The van der Waals surface area contributed by atoms with Crippen molar-refractivity contribution in [2.45, 2.75) is 43.0 Å². The maximum Gasteiger partial charge on any atom is 0.332 e. The molecule has 0 radical (unpaired) electrons. The van der Waals surface area contributed by atoms with Crippen LogP contribution in [0.2, 0.25) is 0 Å². The number of amides is 3. The van der Waals surface area contributed by atoms with Gasteiger partial charge in [-0.15, -0.1) is 0 Å². The molecule has 0 saturated carbocycles. The summed E-state index contributed by atoms with van der Waals surface area (Å²) in [4.78, 5) is 37.9. The van der Waals surface area contributed by atoms with E-state index < -0.39 is 16.8 Å². The molecule has 0 spiro atoms. The lowest BCUT2D eigenvalue weighted by Gasteiger charge is -2.27. The average Bonchev–Trinajstić information content (AvgIpc) is 2.94. The second-order valence-electron chi connectivity index (χ2n) is 8.36. The molecule has 1 aliphatic heterocycles. The average molecular weight is 484 g/mol. The zero-order chi connectivity index (χ0) is 24.5. The predicted molar refractivity (Wildman–Crippen MR) is 127 cm³/mol. The van der Waals surface area contributed by atoms with E-state index >= 15 is 0 Å². The van der Waals surface area contributed by atoms with Crippen molar-refractivity contribution in [3.63, 3.8) is 0 Å². The van der Waals surface area contributed by atoms with Gasteiger partial charge in [-0.2, -0.15) is 8.78 Å². The van der Waals surface area contributed by atoms with E-state index in [0.29, 0.717) is 34.0 Å². The van der Waals surface area contributed by atoms with Crippen LogP contribution in [0.4, 0.5) is 30.9 Å². The summed E-state index contributed by atoms with van der Waals surface area (Å²) < 4.78 is 26.5. The molecule has 34 heavy (non-hydrogen) atoms. The van der Waals surface area contributed by atoms with E-state index in [1.807, 2.05) is 18.2 Å². The van der Waals surface area contributed by atoms with E-state index in [1.165, 1.54) is 29.2 Å². The zero-order valence-corrected chi connectivity index (χ0v) is 19.6. The lowest BCUT2D eigenvalue weighted by atomic mass is 10.0. The van der Waals surface area contributed by atoms with Crippen molar-refractivity contribution < 1.29 is 18.4 Å². The highest BCUT2D eigenvalue weighted by Crippen LogP contribution is 2.38. The Morgan fingerprint density at radius 2 is 1.71 bits per heavy atom. The second kappa shape index (κ2) is 9.02. The third-order valence-corrected chi connectivity index (χ3v) is 6.17. The van der Waals surface area contributed by atoms with Gasteiger partial charge in [0.2, 0.25) is 0 Å². The molecule has 0 atom stereocenters. The fraction of sp³-hybridized carbons (Fsp3) is 0.250. The van der Waals surface area contributed by atoms with E-state index in [0.717, 1.165) is 17.4 Å². The normalized spacial score (nSPS) is 15.7. The van der Waals surface area contributed by atoms with Crippen LogP contribution in [0.15, 0.2) is 71.9 Å². The Balaban J connectivity index is 1.54. The number of halogens is 2. The van der Waals surface area contributed by atoms with Crippen LogP contribution in [0, 0.1) is 0 Å². The van der Waals surface area contributed by atoms with E-state index in [9.17, 15) is 18.4 Å². The van der Waals surface area contributed by atoms with Gasteiger partial charge < -0.3 is 10.2 Å². The summed E-state index contributed by atoms with van der Waals surface area (Å²) in [5.74, 6) is 0.804. The Hall–Kier alpha value is -3.53. The predicted octanol–water partition coefficient (Wildman–Crippen LogP) is 5.67. The van der Waals surface area contributed by atoms with Crippen LogP contribution < -0.4 is 10.2 Å². The highest BCUT2D eigenvalue weighted by Gasteiger charge is 2.51. The number of hydrogen-bond acceptors (Lipinski definition) is 6. The highest BCUT2D eigenvalue weighted by molar-refractivity contribution is 8.00. The summed E-state index contributed by atoms with van der Waals surface area (Å²) >= 11 is 0.409. The fourth-order valence-electron chi connectivity index (χ4n) is 3.59. The van der Waals surface area contributed by atoms with Crippen LogP contribution in [0.1, 0.15) is 26.3 Å². The van der Waals surface area contributed by atoms with Crippen LogP contribution in [0.25, 0.3) is 0 Å². The van der Waals surface area contributed by atoms with E-state index in [-0.39, 0.29) is 12.5 Å². The van der Waals surface area contributed by atoms with Gasteiger partial charge in [0.05, 0.1) is 5.69 Å². The van der Waals surface area contributed by atoms with E-state index in [4.69, 9.17) is 0 Å². The van der Waals surface area contributed by atoms with Gasteiger partial charge in [-0.1, -0.05) is 17.8 Å². The van der Waals surface area contributed by atoms with Gasteiger partial charge in [-0.25, -0.2) is 19.7 Å². The minimum Gasteiger partial charge on any atom is -0.325 e. The van der Waals surface area contributed by atoms with Gasteiger partial charge in [-0.05, 0) is 67.9 Å². The summed E-state index contributed by atoms with van der Waals surface area (Å²) in [5, 5.41) is 0.185. The minimum atomic E-state index is -2.92. The summed E-state index contributed by atoms with van der Waals surface area (Å²) in [7, 11) is 0. The Bertz CT molecular complexity index is 1200. The molecule has 0 aliphatic carbocycles. The largest absolute Gasteiger partial charge is 0.332 e. The number of anilines is 3. The molecule has 0 bridgehead atoms. The summed E-state index contributed by atoms with van der Waals surface area (Å²) in [5.41, 5.74) is 0.0155. The van der Waals surface area contributed by atoms with Crippen molar-refractivity contribution >= 4 is 41.0 Å². The Morgan fingerprint density at radius 3 is 2.35 bits per heavy atom. The van der Waals surface area contributed by atoms with E-state index in [2.05, 4.69) is 15.3 Å². The lowest BCUT2D eigenvalue weighted by Crippen LogP contribution is -2.43. The highest BCUT2D eigenvalue weighted by atomic mass is 32.2. The molecule has 2 aromatic heterocycles. The SMILES string of the molecule is CC(F)(F)Sc1ccc(N2C(=O)N(Cc3ccnc(Nc4ccccn4)c3)C(C)(C)C2=O)cc1. The Morgan fingerprint density at radius 1 is 1.00 bits per heavy atom. The molecule has 1 N–H and O–H groups in total. The molecule has 1 saturated heterocycles. The summed E-state index contributed by atoms with van der Waals surface area (Å²) in [6, 6.07) is 14.5. The number of urea groups is 1. The first kappa shape index (κ1) is 23.6. The number of carbonyl (C=O) groups excluding carboxylic acids is 2. The molecule has 10 heteroatoms. The number of aromatic nitrogens is 2. The molecule has 0 unspecified atom stereocenters. The number of rotatable bonds is 7. The monoisotopic (exact) mass is 483 g/mol. The Kier molecular flexibility index (Phi) is 6.26. The molecule has 7 nitrogen and oxygen atoms in total. The van der Waals surface area contributed by atoms with Gasteiger partial charge in [0.25, 0.3) is 11.2 Å². The second-order valence-corrected chi connectivity index (χ2v) is 9.75. The molecule has 4 rings (SSSR count). The lowest BCUT2D eigenvalue weighted by molar-refractivity contribution is -0.123. The summed E-state index contributed by atoms with van der Waals surface area (Å²) in [6.45, 7) is 4.37. The van der Waals surface area contributed by atoms with Crippen molar-refractivity contribution in [2.75, 3.05) is 10.2 Å². The van der Waals surface area contributed by atoms with Gasteiger partial charge in [-0.3, -0.25) is 4.79 Å². The van der Waals surface area contributed by atoms with Gasteiger partial charge in [0.15, 0.2) is 0 Å². The van der Waals surface area contributed by atoms with E-state index in [1.54, 1.807) is 38.4 Å². The third-order valence-electron chi connectivity index (χ3n) is 5.30. The smallest absolute Gasteiger partial charge is 0.325 e. The molecule has 1 aromatic carbocycles. The third kappa shape index (κ3) is 5.01. The van der Waals surface area contributed by atoms with Crippen molar-refractivity contribution in [2.24, 2.45) is 0 Å². The first-order chi connectivity index (χ1) is 16.0. The number of benzene rings is 1. The van der Waals surface area contributed by atoms with Crippen LogP contribution in [-0.2, 0) is 11.3 Å². The molecule has 1 fully saturated rings. The first-order valence-electron chi connectivity index (χ1n) is 10.5. The van der Waals surface area contributed by atoms with Crippen molar-refractivity contribution in [3.05, 3.63) is 72.6 Å². The molecule has 3 amide bonds. The van der Waals surface area contributed by atoms with Crippen LogP contribution in [-0.4, -0.2) is 37.6 Å². The molecule has 176 valence electrons. The van der Waals surface area contributed by atoms with Gasteiger partial charge in [0, 0.05) is 30.8 Å². The van der Waals surface area contributed by atoms with Crippen LogP contribution in [0.3, 0.4) is 0 Å². The molecule has 1 aliphatic rings. The van der Waals surface area contributed by atoms with Gasteiger partial charge in [0.1, 0.15) is 17.2 Å². The minimum absolute atomic E-state index is 0.184. The number of pyridine rings is 2. The molecule has 3 heterocycles. The van der Waals surface area contributed by atoms with Crippen LogP contribution >= 0.6 is 11.8 Å². The molecular formula is C24H23F2N5O2S. The summed E-state index contributed by atoms with van der Waals surface area (Å²) in [6.07, 6.45) is 3.28. The maximum atomic E-state index is 13.3. The Labute approximate surface area is 200 Å². The van der Waals surface area contributed by atoms with Crippen molar-refractivity contribution in [1.82, 2.24) is 14.9 Å². The molecule has 3 aromatic rings. The van der Waals surface area contributed by atoms with Crippen molar-refractivity contribution in [3.8, 4) is 0 Å². The number of nitrogens with zero attached hydrogens (tertiary/aromatic N) is 4. The number of hydrogen-bond donors (Lipinski definition) is 1. The fourth-order valence-corrected chi connectivity index (χ4v) is 4.28. The van der Waals surface area contributed by atoms with Gasteiger partial charge >= 0.3 is 6.03 Å². The number of carbonyl (C=O) groups is 2. The zero-order valence-electron chi connectivity index (χ0n) is 18.8. The maximum absolute atomic E-state index is 13.3. The number of thioether (sulfide) groups is 1. The van der Waals surface area contributed by atoms with Crippen molar-refractivity contribution in [1.29, 1.82) is 0 Å². The number of alkyl halides is 2. The topological polar surface area (TPSA) is 78.4 Å². The quantitative estimate of drug-likeness (QED) is 0.345. The number of imide groups is 1. The first-order valence-corrected chi connectivity index (χ1v) is 11.3. The van der Waals surface area contributed by atoms with Crippen LogP contribution in [0.5, 0.6) is 0 Å². The molecular weight excluding hydrogens is 460 g/mol. The number of nitrogens with one attached hydrogen (secondary N) is 1. The standard InChI is InChI=1S/C24H23F2N5O2S/c1-23(2)21(32)31(17-7-9-18(10-8-17)34-24(3,25)26)22(33)30(23)15-16-11-13-28-20(14-16)29-19-6-4-5-12-27-19/h4-14H,15H2,1-3H3,(H,27,28,29).